The van der Waals surface area contributed by atoms with Crippen molar-refractivity contribution in [3.8, 4) is 5.75 Å². The van der Waals surface area contributed by atoms with Crippen molar-refractivity contribution in [2.24, 2.45) is 0 Å². The summed E-state index contributed by atoms with van der Waals surface area (Å²) in [4.78, 5) is 50.2. The molecule has 1 fully saturated rings. The molecule has 1 saturated heterocycles. The lowest BCUT2D eigenvalue weighted by Gasteiger charge is -2.27. The van der Waals surface area contributed by atoms with Crippen LogP contribution in [-0.4, -0.2) is 34.6 Å². The van der Waals surface area contributed by atoms with Crippen LogP contribution in [0.25, 0.3) is 0 Å². The zero-order valence-corrected chi connectivity index (χ0v) is 15.2. The quantitative estimate of drug-likeness (QED) is 0.821. The number of aryl methyl sites for hydroxylation is 1. The van der Waals surface area contributed by atoms with Gasteiger partial charge in [-0.3, -0.25) is 29.4 Å². The maximum atomic E-state index is 13.0. The van der Waals surface area contributed by atoms with E-state index < -0.39 is 29.7 Å². The average Bonchev–Trinajstić information content (AvgIpc) is 2.92. The Morgan fingerprint density at radius 1 is 1.07 bits per heavy atom. The van der Waals surface area contributed by atoms with Gasteiger partial charge in [-0.15, -0.1) is 0 Å². The highest BCUT2D eigenvalue weighted by Gasteiger charge is 2.45. The summed E-state index contributed by atoms with van der Waals surface area (Å²) in [5.74, 6) is -1.86. The SMILES string of the molecule is Cc1cccc(COc2cccc3c2C(=O)N(C2CCC(=O)NC2=O)C3=O)c1. The molecule has 2 heterocycles. The van der Waals surface area contributed by atoms with Gasteiger partial charge in [-0.05, 0) is 31.0 Å². The highest BCUT2D eigenvalue weighted by Crippen LogP contribution is 2.34. The third-order valence-corrected chi connectivity index (χ3v) is 4.91. The summed E-state index contributed by atoms with van der Waals surface area (Å²) in [5.41, 5.74) is 2.40. The highest BCUT2D eigenvalue weighted by molar-refractivity contribution is 6.24. The summed E-state index contributed by atoms with van der Waals surface area (Å²) in [7, 11) is 0. The van der Waals surface area contributed by atoms with Crippen molar-refractivity contribution in [2.45, 2.75) is 32.4 Å². The molecule has 4 rings (SSSR count). The van der Waals surface area contributed by atoms with Gasteiger partial charge in [0.1, 0.15) is 18.4 Å². The van der Waals surface area contributed by atoms with E-state index in [2.05, 4.69) is 5.32 Å². The Hall–Kier alpha value is -3.48. The van der Waals surface area contributed by atoms with Crippen LogP contribution in [0.15, 0.2) is 42.5 Å². The first-order chi connectivity index (χ1) is 13.5. The Labute approximate surface area is 161 Å². The third kappa shape index (κ3) is 3.05. The molecule has 0 radical (unpaired) electrons. The minimum absolute atomic E-state index is 0.0839. The number of piperidine rings is 1. The first-order valence-electron chi connectivity index (χ1n) is 8.98. The van der Waals surface area contributed by atoms with E-state index >= 15 is 0 Å². The van der Waals surface area contributed by atoms with Crippen molar-refractivity contribution in [3.63, 3.8) is 0 Å². The van der Waals surface area contributed by atoms with Crippen LogP contribution in [0.5, 0.6) is 5.75 Å². The third-order valence-electron chi connectivity index (χ3n) is 4.91. The molecule has 2 aromatic carbocycles. The predicted molar refractivity (Wildman–Crippen MR) is 98.6 cm³/mol. The second-order valence-electron chi connectivity index (χ2n) is 6.90. The van der Waals surface area contributed by atoms with Crippen LogP contribution in [0.3, 0.4) is 0 Å². The Morgan fingerprint density at radius 2 is 1.86 bits per heavy atom. The van der Waals surface area contributed by atoms with Gasteiger partial charge in [-0.1, -0.05) is 35.9 Å². The lowest BCUT2D eigenvalue weighted by molar-refractivity contribution is -0.136. The number of rotatable bonds is 4. The predicted octanol–water partition coefficient (Wildman–Crippen LogP) is 1.98. The number of imide groups is 2. The molecule has 0 saturated carbocycles. The van der Waals surface area contributed by atoms with Crippen LogP contribution < -0.4 is 10.1 Å². The molecule has 2 aromatic rings. The first kappa shape index (κ1) is 17.9. The number of carbonyl (C=O) groups excluding carboxylic acids is 4. The summed E-state index contributed by atoms with van der Waals surface area (Å²) in [6.07, 6.45) is 0.205. The Bertz CT molecular complexity index is 1010. The van der Waals surface area contributed by atoms with Crippen molar-refractivity contribution in [1.29, 1.82) is 0 Å². The minimum Gasteiger partial charge on any atom is -0.488 e. The number of ether oxygens (including phenoxy) is 1. The Morgan fingerprint density at radius 3 is 2.61 bits per heavy atom. The van der Waals surface area contributed by atoms with Gasteiger partial charge >= 0.3 is 0 Å². The molecule has 1 N–H and O–H groups in total. The van der Waals surface area contributed by atoms with Crippen LogP contribution in [0.2, 0.25) is 0 Å². The van der Waals surface area contributed by atoms with Crippen molar-refractivity contribution in [2.75, 3.05) is 0 Å². The Balaban J connectivity index is 1.61. The molecule has 4 amide bonds. The van der Waals surface area contributed by atoms with Gasteiger partial charge in [0, 0.05) is 6.42 Å². The average molecular weight is 378 g/mol. The summed E-state index contributed by atoms with van der Waals surface area (Å²) < 4.78 is 5.83. The molecule has 0 aliphatic carbocycles. The summed E-state index contributed by atoms with van der Waals surface area (Å²) in [6.45, 7) is 2.22. The van der Waals surface area contributed by atoms with E-state index in [1.807, 2.05) is 31.2 Å². The topological polar surface area (TPSA) is 92.8 Å². The first-order valence-corrected chi connectivity index (χ1v) is 8.98. The molecule has 7 nitrogen and oxygen atoms in total. The van der Waals surface area contributed by atoms with Crippen molar-refractivity contribution < 1.29 is 23.9 Å². The van der Waals surface area contributed by atoms with E-state index in [1.165, 1.54) is 0 Å². The van der Waals surface area contributed by atoms with Crippen molar-refractivity contribution in [3.05, 3.63) is 64.7 Å². The fraction of sp³-hybridized carbons (Fsp3) is 0.238. The standard InChI is InChI=1S/C21H18N2O5/c1-12-4-2-5-13(10-12)11-28-16-7-3-6-14-18(16)21(27)23(20(14)26)15-8-9-17(24)22-19(15)25/h2-7,10,15H,8-9,11H2,1H3,(H,22,24,25). The van der Waals surface area contributed by atoms with E-state index in [1.54, 1.807) is 18.2 Å². The van der Waals surface area contributed by atoms with Gasteiger partial charge in [0.05, 0.1) is 11.1 Å². The lowest BCUT2D eigenvalue weighted by atomic mass is 10.0. The second kappa shape index (κ2) is 6.92. The normalized spacial score (nSPS) is 18.9. The van der Waals surface area contributed by atoms with Crippen LogP contribution in [0.4, 0.5) is 0 Å². The Kier molecular flexibility index (Phi) is 4.43. The number of nitrogens with zero attached hydrogens (tertiary/aromatic N) is 1. The number of hydrogen-bond donors (Lipinski definition) is 1. The van der Waals surface area contributed by atoms with Crippen LogP contribution in [0.1, 0.15) is 44.7 Å². The van der Waals surface area contributed by atoms with E-state index in [0.29, 0.717) is 5.75 Å². The number of carbonyl (C=O) groups is 4. The van der Waals surface area contributed by atoms with E-state index in [0.717, 1.165) is 16.0 Å². The number of amides is 4. The molecule has 2 aliphatic heterocycles. The second-order valence-corrected chi connectivity index (χ2v) is 6.90. The number of hydrogen-bond acceptors (Lipinski definition) is 5. The lowest BCUT2D eigenvalue weighted by Crippen LogP contribution is -2.54. The minimum atomic E-state index is -0.991. The summed E-state index contributed by atoms with van der Waals surface area (Å²) in [5, 5.41) is 2.19. The zero-order chi connectivity index (χ0) is 19.8. The van der Waals surface area contributed by atoms with Crippen LogP contribution in [0, 0.1) is 6.92 Å². The van der Waals surface area contributed by atoms with Gasteiger partial charge in [-0.25, -0.2) is 0 Å². The molecule has 0 aromatic heterocycles. The van der Waals surface area contributed by atoms with Gasteiger partial charge in [0.2, 0.25) is 11.8 Å². The molecule has 1 unspecified atom stereocenters. The number of fused-ring (bicyclic) bond motifs is 1. The monoisotopic (exact) mass is 378 g/mol. The molecule has 0 bridgehead atoms. The fourth-order valence-corrected chi connectivity index (χ4v) is 3.57. The van der Waals surface area contributed by atoms with E-state index in [-0.39, 0.29) is 30.6 Å². The fourth-order valence-electron chi connectivity index (χ4n) is 3.57. The largest absolute Gasteiger partial charge is 0.488 e. The highest BCUT2D eigenvalue weighted by atomic mass is 16.5. The van der Waals surface area contributed by atoms with E-state index in [4.69, 9.17) is 4.74 Å². The van der Waals surface area contributed by atoms with Crippen LogP contribution in [-0.2, 0) is 16.2 Å². The smallest absolute Gasteiger partial charge is 0.266 e. The van der Waals surface area contributed by atoms with Gasteiger partial charge in [0.15, 0.2) is 0 Å². The van der Waals surface area contributed by atoms with Crippen molar-refractivity contribution >= 4 is 23.6 Å². The van der Waals surface area contributed by atoms with Crippen LogP contribution >= 0.6 is 0 Å². The number of benzene rings is 2. The molecule has 1 atom stereocenters. The molecule has 142 valence electrons. The van der Waals surface area contributed by atoms with Gasteiger partial charge < -0.3 is 4.74 Å². The number of nitrogens with one attached hydrogen (secondary N) is 1. The van der Waals surface area contributed by atoms with Crippen molar-refractivity contribution in [1.82, 2.24) is 10.2 Å². The molecule has 7 heteroatoms. The zero-order valence-electron chi connectivity index (χ0n) is 15.2. The summed E-state index contributed by atoms with van der Waals surface area (Å²) in [6, 6.07) is 11.6. The summed E-state index contributed by atoms with van der Waals surface area (Å²) >= 11 is 0. The maximum absolute atomic E-state index is 13.0. The molecule has 2 aliphatic rings. The van der Waals surface area contributed by atoms with E-state index in [9.17, 15) is 19.2 Å². The van der Waals surface area contributed by atoms with Gasteiger partial charge in [0.25, 0.3) is 11.8 Å². The molecular formula is C21H18N2O5. The molecule has 28 heavy (non-hydrogen) atoms. The van der Waals surface area contributed by atoms with Gasteiger partial charge in [-0.2, -0.15) is 0 Å². The maximum Gasteiger partial charge on any atom is 0.266 e. The molecular weight excluding hydrogens is 360 g/mol. The molecule has 0 spiro atoms.